The maximum atomic E-state index is 13.9. The van der Waals surface area contributed by atoms with Crippen molar-refractivity contribution in [2.75, 3.05) is 0 Å². The molecule has 0 aliphatic heterocycles. The quantitative estimate of drug-likeness (QED) is 0.464. The molecule has 0 radical (unpaired) electrons. The van der Waals surface area contributed by atoms with Crippen LogP contribution in [0.3, 0.4) is 0 Å². The van der Waals surface area contributed by atoms with E-state index in [2.05, 4.69) is 15.9 Å². The number of halogens is 2. The summed E-state index contributed by atoms with van der Waals surface area (Å²) in [5.41, 5.74) is -0.0437. The van der Waals surface area contributed by atoms with E-state index in [9.17, 15) is 19.3 Å². The summed E-state index contributed by atoms with van der Waals surface area (Å²) in [6.45, 7) is -0.160. The van der Waals surface area contributed by atoms with E-state index < -0.39 is 16.4 Å². The molecule has 0 saturated carbocycles. The first-order valence-corrected chi connectivity index (χ1v) is 6.61. The highest BCUT2D eigenvalue weighted by atomic mass is 79.9. The Morgan fingerprint density at radius 1 is 1.33 bits per heavy atom. The van der Waals surface area contributed by atoms with Crippen molar-refractivity contribution in [1.82, 2.24) is 0 Å². The number of ether oxygens (including phenoxy) is 1. The van der Waals surface area contributed by atoms with Crippen LogP contribution in [0.15, 0.2) is 40.9 Å². The lowest BCUT2D eigenvalue weighted by atomic mass is 10.2. The van der Waals surface area contributed by atoms with Crippen molar-refractivity contribution in [2.24, 2.45) is 0 Å². The molecular weight excluding hydrogens is 345 g/mol. The molecule has 0 aliphatic rings. The summed E-state index contributed by atoms with van der Waals surface area (Å²) < 4.78 is 19.8. The monoisotopic (exact) mass is 353 g/mol. The fraction of sp³-hybridized carbons (Fsp3) is 0.0714. The maximum absolute atomic E-state index is 13.9. The van der Waals surface area contributed by atoms with Crippen molar-refractivity contribution in [3.63, 3.8) is 0 Å². The second-order valence-electron chi connectivity index (χ2n) is 4.10. The molecule has 108 valence electrons. The minimum atomic E-state index is -0.914. The molecule has 0 heterocycles. The van der Waals surface area contributed by atoms with E-state index in [0.29, 0.717) is 22.1 Å². The van der Waals surface area contributed by atoms with Gasteiger partial charge in [-0.05, 0) is 34.1 Å². The number of rotatable bonds is 5. The first-order valence-electron chi connectivity index (χ1n) is 5.82. The lowest BCUT2D eigenvalue weighted by molar-refractivity contribution is -0.387. The molecule has 2 aromatic rings. The van der Waals surface area contributed by atoms with Gasteiger partial charge in [0.15, 0.2) is 0 Å². The average molecular weight is 354 g/mol. The Morgan fingerprint density at radius 2 is 2.10 bits per heavy atom. The Bertz CT molecular complexity index is 705. The van der Waals surface area contributed by atoms with Crippen molar-refractivity contribution in [3.8, 4) is 5.75 Å². The van der Waals surface area contributed by atoms with Crippen molar-refractivity contribution < 1.29 is 18.8 Å². The third-order valence-electron chi connectivity index (χ3n) is 2.73. The zero-order chi connectivity index (χ0) is 15.4. The molecule has 0 N–H and O–H groups in total. The predicted octanol–water partition coefficient (Wildman–Crippen LogP) is 3.89. The van der Waals surface area contributed by atoms with Crippen LogP contribution >= 0.6 is 15.9 Å². The Balaban J connectivity index is 2.19. The minimum Gasteiger partial charge on any atom is -0.488 e. The second kappa shape index (κ2) is 6.45. The SMILES string of the molecule is O=Cc1ccc(OCc2cccc([N+](=O)[O-])c2F)c(Br)c1. The number of aldehydes is 1. The van der Waals surface area contributed by atoms with Gasteiger partial charge in [-0.25, -0.2) is 0 Å². The fourth-order valence-electron chi connectivity index (χ4n) is 1.68. The lowest BCUT2D eigenvalue weighted by Crippen LogP contribution is -2.02. The lowest BCUT2D eigenvalue weighted by Gasteiger charge is -2.09. The molecular formula is C14H9BrFNO4. The predicted molar refractivity (Wildman–Crippen MR) is 76.9 cm³/mol. The second-order valence-corrected chi connectivity index (χ2v) is 4.96. The van der Waals surface area contributed by atoms with Gasteiger partial charge in [-0.2, -0.15) is 4.39 Å². The molecule has 0 amide bonds. The first kappa shape index (κ1) is 15.1. The third kappa shape index (κ3) is 3.43. The van der Waals surface area contributed by atoms with Gasteiger partial charge in [0.25, 0.3) is 0 Å². The van der Waals surface area contributed by atoms with Gasteiger partial charge in [0.1, 0.15) is 18.6 Å². The number of nitrogens with zero attached hydrogens (tertiary/aromatic N) is 1. The molecule has 0 atom stereocenters. The van der Waals surface area contributed by atoms with Crippen molar-refractivity contribution in [3.05, 3.63) is 67.9 Å². The third-order valence-corrected chi connectivity index (χ3v) is 3.35. The molecule has 5 nitrogen and oxygen atoms in total. The molecule has 0 fully saturated rings. The van der Waals surface area contributed by atoms with E-state index in [1.807, 2.05) is 0 Å². The van der Waals surface area contributed by atoms with Gasteiger partial charge in [-0.15, -0.1) is 0 Å². The van der Waals surface area contributed by atoms with E-state index in [0.717, 1.165) is 6.07 Å². The summed E-state index contributed by atoms with van der Waals surface area (Å²) >= 11 is 3.23. The topological polar surface area (TPSA) is 69.4 Å². The zero-order valence-corrected chi connectivity index (χ0v) is 12.2. The number of benzene rings is 2. The van der Waals surface area contributed by atoms with Crippen LogP contribution in [-0.4, -0.2) is 11.2 Å². The van der Waals surface area contributed by atoms with Gasteiger partial charge >= 0.3 is 5.69 Å². The molecule has 0 bridgehead atoms. The Labute approximate surface area is 127 Å². The number of carbonyl (C=O) groups is 1. The number of nitro groups is 1. The average Bonchev–Trinajstić information content (AvgIpc) is 2.46. The molecule has 0 aromatic heterocycles. The summed E-state index contributed by atoms with van der Waals surface area (Å²) in [4.78, 5) is 20.5. The van der Waals surface area contributed by atoms with E-state index in [1.165, 1.54) is 12.1 Å². The molecule has 2 rings (SSSR count). The van der Waals surface area contributed by atoms with Crippen molar-refractivity contribution >= 4 is 27.9 Å². The standard InChI is InChI=1S/C14H9BrFNO4/c15-11-6-9(7-18)4-5-13(11)21-8-10-2-1-3-12(14(10)16)17(19)20/h1-7H,8H2. The highest BCUT2D eigenvalue weighted by molar-refractivity contribution is 9.10. The molecule has 2 aromatic carbocycles. The Hall–Kier alpha value is -2.28. The normalized spacial score (nSPS) is 10.2. The summed E-state index contributed by atoms with van der Waals surface area (Å²) in [6.07, 6.45) is 0.689. The molecule has 0 saturated heterocycles. The van der Waals surface area contributed by atoms with Crippen LogP contribution in [0.2, 0.25) is 0 Å². The van der Waals surface area contributed by atoms with E-state index in [-0.39, 0.29) is 12.2 Å². The summed E-state index contributed by atoms with van der Waals surface area (Å²) in [5.74, 6) is -0.505. The van der Waals surface area contributed by atoms with Gasteiger partial charge in [0, 0.05) is 17.2 Å². The molecule has 0 aliphatic carbocycles. The summed E-state index contributed by atoms with van der Waals surface area (Å²) in [5, 5.41) is 10.7. The van der Waals surface area contributed by atoms with E-state index in [1.54, 1.807) is 18.2 Å². The number of hydrogen-bond acceptors (Lipinski definition) is 4. The first-order chi connectivity index (χ1) is 10.0. The fourth-order valence-corrected chi connectivity index (χ4v) is 2.19. The van der Waals surface area contributed by atoms with Gasteiger partial charge in [0.2, 0.25) is 5.82 Å². The molecule has 0 spiro atoms. The largest absolute Gasteiger partial charge is 0.488 e. The van der Waals surface area contributed by atoms with E-state index in [4.69, 9.17) is 4.74 Å². The zero-order valence-electron chi connectivity index (χ0n) is 10.6. The molecule has 7 heteroatoms. The van der Waals surface area contributed by atoms with Gasteiger partial charge in [0.05, 0.1) is 9.40 Å². The highest BCUT2D eigenvalue weighted by Crippen LogP contribution is 2.27. The maximum Gasteiger partial charge on any atom is 0.305 e. The van der Waals surface area contributed by atoms with Crippen LogP contribution in [-0.2, 0) is 6.61 Å². The van der Waals surface area contributed by atoms with Crippen LogP contribution in [0.25, 0.3) is 0 Å². The minimum absolute atomic E-state index is 0.0792. The van der Waals surface area contributed by atoms with Crippen LogP contribution in [0.5, 0.6) is 5.75 Å². The summed E-state index contributed by atoms with van der Waals surface area (Å²) in [7, 11) is 0. The van der Waals surface area contributed by atoms with Crippen LogP contribution < -0.4 is 4.74 Å². The Kier molecular flexibility index (Phi) is 4.64. The molecule has 0 unspecified atom stereocenters. The van der Waals surface area contributed by atoms with E-state index >= 15 is 0 Å². The summed E-state index contributed by atoms with van der Waals surface area (Å²) in [6, 6.07) is 8.57. The van der Waals surface area contributed by atoms with Gasteiger partial charge in [-0.1, -0.05) is 12.1 Å². The molecule has 21 heavy (non-hydrogen) atoms. The Morgan fingerprint density at radius 3 is 2.71 bits per heavy atom. The smallest absolute Gasteiger partial charge is 0.305 e. The number of carbonyl (C=O) groups excluding carboxylic acids is 1. The van der Waals surface area contributed by atoms with Gasteiger partial charge < -0.3 is 4.74 Å². The van der Waals surface area contributed by atoms with Crippen LogP contribution in [0.4, 0.5) is 10.1 Å². The highest BCUT2D eigenvalue weighted by Gasteiger charge is 2.17. The van der Waals surface area contributed by atoms with Gasteiger partial charge in [-0.3, -0.25) is 14.9 Å². The van der Waals surface area contributed by atoms with Crippen LogP contribution in [0, 0.1) is 15.9 Å². The number of hydrogen-bond donors (Lipinski definition) is 0. The van der Waals surface area contributed by atoms with Crippen molar-refractivity contribution in [2.45, 2.75) is 6.61 Å². The number of nitro benzene ring substituents is 1. The van der Waals surface area contributed by atoms with Crippen molar-refractivity contribution in [1.29, 1.82) is 0 Å². The van der Waals surface area contributed by atoms with Crippen LogP contribution in [0.1, 0.15) is 15.9 Å².